The van der Waals surface area contributed by atoms with Gasteiger partial charge >= 0.3 is 5.97 Å². The zero-order valence-corrected chi connectivity index (χ0v) is 34.5. The topological polar surface area (TPSA) is 198 Å². The van der Waals surface area contributed by atoms with E-state index in [0.717, 1.165) is 19.5 Å². The average Bonchev–Trinajstić information content (AvgIpc) is 3.10. The van der Waals surface area contributed by atoms with Crippen molar-refractivity contribution in [3.8, 4) is 0 Å². The molecule has 0 unspecified atom stereocenters. The second-order valence-electron chi connectivity index (χ2n) is 17.2. The molecule has 0 spiro atoms. The number of methoxy groups -OCH3 is 2. The van der Waals surface area contributed by atoms with Gasteiger partial charge < -0.3 is 58.8 Å². The number of ether oxygens (including phenoxy) is 7. The maximum atomic E-state index is 14.3. The highest BCUT2D eigenvalue weighted by atomic mass is 16.7. The summed E-state index contributed by atoms with van der Waals surface area (Å²) in [5, 5.41) is 60.1. The van der Waals surface area contributed by atoms with E-state index in [9.17, 15) is 30.4 Å². The number of aliphatic hydroxyl groups is 4. The second-order valence-corrected chi connectivity index (χ2v) is 17.2. The number of hydrogen-bond donors (Lipinski definition) is 5. The minimum Gasteiger partial charge on any atom is -0.459 e. The molecular formula is C39H70N2O13. The number of cyclic esters (lactones) is 1. The first-order valence-corrected chi connectivity index (χ1v) is 19.8. The number of aliphatic hydroxyl groups excluding tert-OH is 3. The van der Waals surface area contributed by atoms with Crippen molar-refractivity contribution in [3.05, 3.63) is 0 Å². The van der Waals surface area contributed by atoms with E-state index in [4.69, 9.17) is 33.2 Å². The number of hydrogen-bond acceptors (Lipinski definition) is 15. The third-order valence-electron chi connectivity index (χ3n) is 13.1. The lowest BCUT2D eigenvalue weighted by atomic mass is 9.73. The van der Waals surface area contributed by atoms with E-state index in [1.807, 2.05) is 27.7 Å². The largest absolute Gasteiger partial charge is 0.459 e. The standard InChI is InChI=1S/C39H70N2O13/c1-13-27-39(10,46)32(43)22(4)29(40-47)20(2)18-38(9,49-12)34(54-36-30(42)26(17-21(3)50-36)41-15-14-16-41)23(5)31(24(6)35(45)52-27)53-28-19-37(8,48-11)33(44)25(7)51-28/h20-28,30-34,36,42-44,46-47H,13-19H2,1-12H3/t20-,21+,22+,23+,24-,25+,26-,27-,28+,30+,31+,32-,33+,34-,36-,37-,38-,39-/m1/s1. The van der Waals surface area contributed by atoms with Gasteiger partial charge in [0.15, 0.2) is 12.6 Å². The van der Waals surface area contributed by atoms with Gasteiger partial charge in [-0.15, -0.1) is 0 Å². The van der Waals surface area contributed by atoms with Gasteiger partial charge in [0, 0.05) is 44.4 Å². The fourth-order valence-corrected chi connectivity index (χ4v) is 9.31. The minimum absolute atomic E-state index is 0.135. The summed E-state index contributed by atoms with van der Waals surface area (Å²) >= 11 is 0. The first-order chi connectivity index (χ1) is 25.2. The van der Waals surface area contributed by atoms with Crippen molar-refractivity contribution in [2.24, 2.45) is 28.8 Å². The van der Waals surface area contributed by atoms with Gasteiger partial charge in [-0.05, 0) is 80.3 Å². The first kappa shape index (κ1) is 45.2. The Morgan fingerprint density at radius 3 is 2.06 bits per heavy atom. The highest BCUT2D eigenvalue weighted by molar-refractivity contribution is 5.88. The third kappa shape index (κ3) is 9.12. The van der Waals surface area contributed by atoms with Crippen LogP contribution in [0.2, 0.25) is 0 Å². The summed E-state index contributed by atoms with van der Waals surface area (Å²) < 4.78 is 44.3. The van der Waals surface area contributed by atoms with Crippen LogP contribution in [0, 0.1) is 23.7 Å². The lowest BCUT2D eigenvalue weighted by molar-refractivity contribution is -0.320. The third-order valence-corrected chi connectivity index (χ3v) is 13.1. The van der Waals surface area contributed by atoms with Crippen molar-refractivity contribution < 1.29 is 63.6 Å². The van der Waals surface area contributed by atoms with Crippen LogP contribution in [0.3, 0.4) is 0 Å². The molecule has 4 fully saturated rings. The quantitative estimate of drug-likeness (QED) is 0.137. The molecule has 15 heteroatoms. The van der Waals surface area contributed by atoms with E-state index in [1.54, 1.807) is 34.6 Å². The molecule has 54 heavy (non-hydrogen) atoms. The molecule has 0 aromatic rings. The molecule has 0 bridgehead atoms. The van der Waals surface area contributed by atoms with Crippen LogP contribution in [0.4, 0.5) is 0 Å². The molecule has 5 N–H and O–H groups in total. The predicted molar refractivity (Wildman–Crippen MR) is 198 cm³/mol. The fraction of sp³-hybridized carbons (Fsp3) is 0.949. The van der Waals surface area contributed by atoms with E-state index in [1.165, 1.54) is 21.1 Å². The molecule has 18 atom stereocenters. The normalized spacial score (nSPS) is 49.9. The number of rotatable bonds is 8. The van der Waals surface area contributed by atoms with Gasteiger partial charge in [0.05, 0.1) is 53.4 Å². The molecule has 0 aromatic heterocycles. The van der Waals surface area contributed by atoms with Gasteiger partial charge in [-0.25, -0.2) is 0 Å². The molecule has 4 aliphatic rings. The molecule has 4 saturated heterocycles. The summed E-state index contributed by atoms with van der Waals surface area (Å²) in [6, 6.07) is -0.181. The highest BCUT2D eigenvalue weighted by Crippen LogP contribution is 2.42. The maximum absolute atomic E-state index is 14.3. The zero-order chi connectivity index (χ0) is 40.5. The van der Waals surface area contributed by atoms with Crippen LogP contribution in [0.5, 0.6) is 0 Å². The number of carbonyl (C=O) groups is 1. The molecule has 4 rings (SSSR count). The van der Waals surface area contributed by atoms with Crippen LogP contribution in [0.15, 0.2) is 5.16 Å². The molecule has 4 heterocycles. The maximum Gasteiger partial charge on any atom is 0.311 e. The summed E-state index contributed by atoms with van der Waals surface area (Å²) in [6.45, 7) is 19.2. The molecule has 0 aliphatic carbocycles. The Hall–Kier alpha value is -1.50. The summed E-state index contributed by atoms with van der Waals surface area (Å²) in [7, 11) is 3.05. The summed E-state index contributed by atoms with van der Waals surface area (Å²) in [6.07, 6.45) is -7.22. The van der Waals surface area contributed by atoms with Crippen molar-refractivity contribution in [2.45, 2.75) is 186 Å². The Morgan fingerprint density at radius 2 is 1.52 bits per heavy atom. The average molecular weight is 775 g/mol. The second kappa shape index (κ2) is 18.0. The Balaban J connectivity index is 1.86. The van der Waals surface area contributed by atoms with Crippen molar-refractivity contribution >= 4 is 11.7 Å². The molecule has 15 nitrogen and oxygen atoms in total. The fourth-order valence-electron chi connectivity index (χ4n) is 9.31. The zero-order valence-electron chi connectivity index (χ0n) is 34.5. The summed E-state index contributed by atoms with van der Waals surface area (Å²) in [5.41, 5.74) is -3.96. The summed E-state index contributed by atoms with van der Waals surface area (Å²) in [5.74, 6) is -3.78. The molecule has 0 saturated carbocycles. The van der Waals surface area contributed by atoms with Crippen LogP contribution in [0.25, 0.3) is 0 Å². The first-order valence-electron chi connectivity index (χ1n) is 19.8. The predicted octanol–water partition coefficient (Wildman–Crippen LogP) is 2.84. The Bertz CT molecular complexity index is 1270. The Morgan fingerprint density at radius 1 is 0.889 bits per heavy atom. The van der Waals surface area contributed by atoms with E-state index >= 15 is 0 Å². The van der Waals surface area contributed by atoms with Gasteiger partial charge in [0.1, 0.15) is 23.9 Å². The number of esters is 1. The lowest BCUT2D eigenvalue weighted by Gasteiger charge is -2.51. The van der Waals surface area contributed by atoms with E-state index in [2.05, 4.69) is 10.1 Å². The van der Waals surface area contributed by atoms with Crippen LogP contribution >= 0.6 is 0 Å². The Kier molecular flexibility index (Phi) is 15.0. The Labute approximate surface area is 321 Å². The molecule has 0 amide bonds. The number of nitrogens with zero attached hydrogens (tertiary/aromatic N) is 2. The molecule has 0 radical (unpaired) electrons. The van der Waals surface area contributed by atoms with Crippen LogP contribution in [-0.2, 0) is 38.0 Å². The van der Waals surface area contributed by atoms with Crippen LogP contribution in [0.1, 0.15) is 101 Å². The number of likely N-dealkylation sites (tertiary alicyclic amines) is 1. The smallest absolute Gasteiger partial charge is 0.311 e. The van der Waals surface area contributed by atoms with Crippen molar-refractivity contribution in [1.82, 2.24) is 4.90 Å². The van der Waals surface area contributed by atoms with Gasteiger partial charge in [0.2, 0.25) is 0 Å². The molecule has 4 aliphatic heterocycles. The highest BCUT2D eigenvalue weighted by Gasteiger charge is 2.54. The molecule has 314 valence electrons. The SMILES string of the molecule is CC[C@H]1OC(=O)[C@H](C)[C@@H](O[C@H]2C[C@@](C)(OC)[C@@H](O)[C@H](C)O2)[C@H](C)[C@@H](O[C@H]2O[C@@H](C)C[C@@H](N3CCC3)[C@@H]2O)[C@](C)(OC)C[C@@H](C)C(=NO)[C@H](C)[C@@H](O)[C@]1(C)O. The lowest BCUT2D eigenvalue weighted by Crippen LogP contribution is -2.63. The summed E-state index contributed by atoms with van der Waals surface area (Å²) in [4.78, 5) is 16.5. The van der Waals surface area contributed by atoms with Gasteiger partial charge in [-0.3, -0.25) is 9.69 Å². The van der Waals surface area contributed by atoms with Crippen molar-refractivity contribution in [2.75, 3.05) is 27.3 Å². The van der Waals surface area contributed by atoms with E-state index in [-0.39, 0.29) is 37.1 Å². The monoisotopic (exact) mass is 774 g/mol. The van der Waals surface area contributed by atoms with Crippen LogP contribution < -0.4 is 0 Å². The van der Waals surface area contributed by atoms with E-state index in [0.29, 0.717) is 6.42 Å². The van der Waals surface area contributed by atoms with Crippen LogP contribution in [-0.4, -0.2) is 154 Å². The van der Waals surface area contributed by atoms with Crippen molar-refractivity contribution in [3.63, 3.8) is 0 Å². The number of oxime groups is 1. The number of carbonyl (C=O) groups excluding carboxylic acids is 1. The van der Waals surface area contributed by atoms with Gasteiger partial charge in [-0.2, -0.15) is 0 Å². The minimum atomic E-state index is -1.93. The van der Waals surface area contributed by atoms with E-state index < -0.39 is 102 Å². The van der Waals surface area contributed by atoms with Gasteiger partial charge in [0.25, 0.3) is 0 Å². The molecule has 0 aromatic carbocycles. The molecular weight excluding hydrogens is 704 g/mol. The van der Waals surface area contributed by atoms with Crippen molar-refractivity contribution in [1.29, 1.82) is 0 Å². The van der Waals surface area contributed by atoms with Gasteiger partial charge in [-0.1, -0.05) is 32.9 Å².